The number of aliphatic hydroxyl groups is 1. The van der Waals surface area contributed by atoms with Crippen LogP contribution in [0.15, 0.2) is 36.6 Å². The van der Waals surface area contributed by atoms with Crippen molar-refractivity contribution in [1.29, 1.82) is 0 Å². The fourth-order valence-electron chi connectivity index (χ4n) is 1.09. The van der Waals surface area contributed by atoms with Crippen LogP contribution in [0.2, 0.25) is 0 Å². The van der Waals surface area contributed by atoms with E-state index in [9.17, 15) is 4.79 Å². The summed E-state index contributed by atoms with van der Waals surface area (Å²) in [7, 11) is 1.59. The number of aliphatic hydroxyl groups excluding tert-OH is 1. The summed E-state index contributed by atoms with van der Waals surface area (Å²) in [4.78, 5) is 11.1. The Morgan fingerprint density at radius 3 is 2.57 bits per heavy atom. The molecule has 0 aromatic heterocycles. The number of allylic oxidation sites excluding steroid dienone is 1. The fraction of sp³-hybridized carbons (Fsp3) is 0.182. The first kappa shape index (κ1) is 10.3. The summed E-state index contributed by atoms with van der Waals surface area (Å²) >= 11 is 0. The van der Waals surface area contributed by atoms with Crippen molar-refractivity contribution in [2.75, 3.05) is 7.11 Å². The first-order chi connectivity index (χ1) is 6.76. The number of carbonyl (C=O) groups excluding carboxylic acids is 1. The molecule has 0 bridgehead atoms. The van der Waals surface area contributed by atoms with Crippen molar-refractivity contribution in [2.24, 2.45) is 0 Å². The van der Waals surface area contributed by atoms with Crippen LogP contribution in [0.5, 0.6) is 5.75 Å². The largest absolute Gasteiger partial charge is 0.515 e. The number of carbonyl (C=O) groups is 1. The summed E-state index contributed by atoms with van der Waals surface area (Å²) in [5, 5.41) is 8.38. The SMILES string of the molecule is COc1ccc(CC(=O)C=CO)cc1. The lowest BCUT2D eigenvalue weighted by Crippen LogP contribution is -1.98. The summed E-state index contributed by atoms with van der Waals surface area (Å²) < 4.78 is 4.98. The normalized spacial score (nSPS) is 10.4. The molecule has 0 saturated carbocycles. The van der Waals surface area contributed by atoms with Crippen LogP contribution in [0.25, 0.3) is 0 Å². The van der Waals surface area contributed by atoms with Crippen LogP contribution in [-0.4, -0.2) is 18.0 Å². The highest BCUT2D eigenvalue weighted by molar-refractivity contribution is 5.91. The molecule has 0 saturated heterocycles. The second-order valence-corrected chi connectivity index (χ2v) is 2.81. The van der Waals surface area contributed by atoms with E-state index in [-0.39, 0.29) is 5.78 Å². The van der Waals surface area contributed by atoms with E-state index in [4.69, 9.17) is 9.84 Å². The molecule has 0 radical (unpaired) electrons. The number of rotatable bonds is 4. The first-order valence-electron chi connectivity index (χ1n) is 4.23. The van der Waals surface area contributed by atoms with Crippen molar-refractivity contribution in [2.45, 2.75) is 6.42 Å². The Kier molecular flexibility index (Phi) is 3.73. The molecule has 0 unspecified atom stereocenters. The maximum atomic E-state index is 11.1. The van der Waals surface area contributed by atoms with Crippen molar-refractivity contribution >= 4 is 5.78 Å². The second-order valence-electron chi connectivity index (χ2n) is 2.81. The third-order valence-corrected chi connectivity index (χ3v) is 1.80. The summed E-state index contributed by atoms with van der Waals surface area (Å²) in [6.45, 7) is 0. The van der Waals surface area contributed by atoms with E-state index in [0.717, 1.165) is 23.7 Å². The van der Waals surface area contributed by atoms with Crippen LogP contribution in [-0.2, 0) is 11.2 Å². The highest BCUT2D eigenvalue weighted by Gasteiger charge is 1.99. The summed E-state index contributed by atoms with van der Waals surface area (Å²) in [5.41, 5.74) is 0.897. The zero-order valence-corrected chi connectivity index (χ0v) is 7.93. The van der Waals surface area contributed by atoms with Crippen LogP contribution < -0.4 is 4.74 Å². The van der Waals surface area contributed by atoms with Crippen LogP contribution in [0.3, 0.4) is 0 Å². The quantitative estimate of drug-likeness (QED) is 0.585. The number of ether oxygens (including phenoxy) is 1. The fourth-order valence-corrected chi connectivity index (χ4v) is 1.09. The van der Waals surface area contributed by atoms with E-state index >= 15 is 0 Å². The molecule has 0 spiro atoms. The zero-order valence-electron chi connectivity index (χ0n) is 7.93. The maximum absolute atomic E-state index is 11.1. The first-order valence-corrected chi connectivity index (χ1v) is 4.23. The summed E-state index contributed by atoms with van der Waals surface area (Å²) in [6.07, 6.45) is 2.19. The molecule has 0 aliphatic rings. The Morgan fingerprint density at radius 2 is 2.07 bits per heavy atom. The van der Waals surface area contributed by atoms with Gasteiger partial charge in [0.2, 0.25) is 0 Å². The van der Waals surface area contributed by atoms with Crippen molar-refractivity contribution in [1.82, 2.24) is 0 Å². The predicted molar refractivity (Wildman–Crippen MR) is 53.5 cm³/mol. The van der Waals surface area contributed by atoms with Gasteiger partial charge in [0.25, 0.3) is 0 Å². The minimum atomic E-state index is -0.127. The predicted octanol–water partition coefficient (Wildman–Crippen LogP) is 1.88. The average Bonchev–Trinajstić information content (AvgIpc) is 2.19. The van der Waals surface area contributed by atoms with Crippen molar-refractivity contribution in [3.05, 3.63) is 42.2 Å². The van der Waals surface area contributed by atoms with Gasteiger partial charge in [-0.3, -0.25) is 4.79 Å². The van der Waals surface area contributed by atoms with E-state index in [1.165, 1.54) is 0 Å². The third-order valence-electron chi connectivity index (χ3n) is 1.80. The molecular weight excluding hydrogens is 180 g/mol. The average molecular weight is 192 g/mol. The van der Waals surface area contributed by atoms with Gasteiger partial charge in [0, 0.05) is 12.5 Å². The van der Waals surface area contributed by atoms with Crippen LogP contribution in [0.1, 0.15) is 5.56 Å². The molecule has 0 amide bonds. The van der Waals surface area contributed by atoms with Crippen LogP contribution in [0.4, 0.5) is 0 Å². The molecule has 3 nitrogen and oxygen atoms in total. The Morgan fingerprint density at radius 1 is 1.43 bits per heavy atom. The molecule has 1 rings (SSSR count). The second kappa shape index (κ2) is 5.07. The zero-order chi connectivity index (χ0) is 10.4. The van der Waals surface area contributed by atoms with Crippen molar-refractivity contribution < 1.29 is 14.6 Å². The van der Waals surface area contributed by atoms with Gasteiger partial charge >= 0.3 is 0 Å². The molecule has 1 N–H and O–H groups in total. The number of methoxy groups -OCH3 is 1. The highest BCUT2D eigenvalue weighted by atomic mass is 16.5. The number of benzene rings is 1. The molecule has 0 aliphatic carbocycles. The molecule has 3 heteroatoms. The lowest BCUT2D eigenvalue weighted by molar-refractivity contribution is -0.114. The van der Waals surface area contributed by atoms with Gasteiger partial charge in [-0.2, -0.15) is 0 Å². The Bertz CT molecular complexity index is 325. The molecule has 0 atom stereocenters. The monoisotopic (exact) mass is 192 g/mol. The van der Waals surface area contributed by atoms with E-state index in [0.29, 0.717) is 6.42 Å². The van der Waals surface area contributed by atoms with Crippen LogP contribution in [0, 0.1) is 0 Å². The number of hydrogen-bond donors (Lipinski definition) is 1. The molecule has 0 heterocycles. The topological polar surface area (TPSA) is 46.5 Å². The van der Waals surface area contributed by atoms with Crippen molar-refractivity contribution in [3.63, 3.8) is 0 Å². The Hall–Kier alpha value is -1.77. The molecule has 74 valence electrons. The smallest absolute Gasteiger partial charge is 0.163 e. The number of ketones is 1. The van der Waals surface area contributed by atoms with Gasteiger partial charge in [0.05, 0.1) is 13.4 Å². The Labute approximate surface area is 82.6 Å². The van der Waals surface area contributed by atoms with E-state index in [1.807, 2.05) is 12.1 Å². The molecule has 1 aromatic carbocycles. The molecule has 0 fully saturated rings. The molecule has 1 aromatic rings. The molecule has 14 heavy (non-hydrogen) atoms. The third kappa shape index (κ3) is 2.94. The maximum Gasteiger partial charge on any atom is 0.163 e. The minimum absolute atomic E-state index is 0.127. The van der Waals surface area contributed by atoms with E-state index in [2.05, 4.69) is 0 Å². The van der Waals surface area contributed by atoms with E-state index < -0.39 is 0 Å². The lowest BCUT2D eigenvalue weighted by Gasteiger charge is -2.00. The summed E-state index contributed by atoms with van der Waals surface area (Å²) in [5.74, 6) is 0.636. The lowest BCUT2D eigenvalue weighted by atomic mass is 10.1. The van der Waals surface area contributed by atoms with Gasteiger partial charge in [-0.05, 0) is 17.7 Å². The van der Waals surface area contributed by atoms with Crippen molar-refractivity contribution in [3.8, 4) is 5.75 Å². The minimum Gasteiger partial charge on any atom is -0.515 e. The molecular formula is C11H12O3. The number of hydrogen-bond acceptors (Lipinski definition) is 3. The van der Waals surface area contributed by atoms with Gasteiger partial charge in [-0.1, -0.05) is 12.1 Å². The van der Waals surface area contributed by atoms with Gasteiger partial charge in [0.1, 0.15) is 5.75 Å². The van der Waals surface area contributed by atoms with Gasteiger partial charge < -0.3 is 9.84 Å². The summed E-state index contributed by atoms with van der Waals surface area (Å²) in [6, 6.07) is 7.24. The van der Waals surface area contributed by atoms with Gasteiger partial charge in [0.15, 0.2) is 5.78 Å². The highest BCUT2D eigenvalue weighted by Crippen LogP contribution is 2.11. The molecule has 0 aliphatic heterocycles. The van der Waals surface area contributed by atoms with Crippen LogP contribution >= 0.6 is 0 Å². The Balaban J connectivity index is 2.64. The standard InChI is InChI=1S/C11H12O3/c1-14-11-4-2-9(3-5-11)8-10(13)6-7-12/h2-7,12H,8H2,1H3. The van der Waals surface area contributed by atoms with Gasteiger partial charge in [-0.15, -0.1) is 0 Å². The van der Waals surface area contributed by atoms with Gasteiger partial charge in [-0.25, -0.2) is 0 Å². The van der Waals surface area contributed by atoms with E-state index in [1.54, 1.807) is 19.2 Å².